The van der Waals surface area contributed by atoms with Crippen molar-refractivity contribution in [1.29, 1.82) is 0 Å². The van der Waals surface area contributed by atoms with Gasteiger partial charge in [-0.3, -0.25) is 14.9 Å². The lowest BCUT2D eigenvalue weighted by Crippen LogP contribution is -2.39. The molecule has 3 atom stereocenters. The molecule has 1 aromatic rings. The van der Waals surface area contributed by atoms with Gasteiger partial charge < -0.3 is 10.2 Å². The van der Waals surface area contributed by atoms with Gasteiger partial charge in [0.05, 0.1) is 10.5 Å². The summed E-state index contributed by atoms with van der Waals surface area (Å²) < 4.78 is 0. The molecular formula is C13H17N3O3S. The highest BCUT2D eigenvalue weighted by Crippen LogP contribution is 2.36. The number of carbonyl (C=O) groups excluding carboxylic acids is 1. The highest BCUT2D eigenvalue weighted by molar-refractivity contribution is 7.13. The summed E-state index contributed by atoms with van der Waals surface area (Å²) in [5.41, 5.74) is 0.452. The van der Waals surface area contributed by atoms with Crippen LogP contribution in [-0.4, -0.2) is 41.4 Å². The summed E-state index contributed by atoms with van der Waals surface area (Å²) in [6.07, 6.45) is 0.931. The predicted octanol–water partition coefficient (Wildman–Crippen LogP) is 1.73. The number of likely N-dealkylation sites (tertiary alicyclic amines) is 1. The fraction of sp³-hybridized carbons (Fsp3) is 0.615. The maximum atomic E-state index is 12.6. The van der Waals surface area contributed by atoms with E-state index in [1.165, 1.54) is 6.07 Å². The van der Waals surface area contributed by atoms with Gasteiger partial charge in [0.15, 0.2) is 0 Å². The van der Waals surface area contributed by atoms with Gasteiger partial charge in [0.1, 0.15) is 0 Å². The Hall–Kier alpha value is -1.47. The van der Waals surface area contributed by atoms with Crippen LogP contribution in [0.1, 0.15) is 23.7 Å². The van der Waals surface area contributed by atoms with E-state index < -0.39 is 4.92 Å². The number of thiophene rings is 1. The zero-order chi connectivity index (χ0) is 14.3. The van der Waals surface area contributed by atoms with E-state index in [1.807, 2.05) is 4.90 Å². The van der Waals surface area contributed by atoms with Crippen molar-refractivity contribution in [2.45, 2.75) is 19.4 Å². The van der Waals surface area contributed by atoms with E-state index in [1.54, 1.807) is 5.38 Å². The molecule has 2 aliphatic rings. The Morgan fingerprint density at radius 3 is 3.05 bits per heavy atom. The minimum atomic E-state index is -0.443. The van der Waals surface area contributed by atoms with Crippen LogP contribution in [0.4, 0.5) is 5.00 Å². The van der Waals surface area contributed by atoms with Gasteiger partial charge in [0.25, 0.3) is 5.91 Å². The van der Waals surface area contributed by atoms with E-state index >= 15 is 0 Å². The van der Waals surface area contributed by atoms with Crippen molar-refractivity contribution in [2.75, 3.05) is 19.6 Å². The third-order valence-corrected chi connectivity index (χ3v) is 5.29. The number of nitro groups is 1. The SMILES string of the molecule is CCC1C2CNCC2CN1C(=O)c1csc([N+](=O)[O-])c1. The van der Waals surface area contributed by atoms with Crippen LogP contribution >= 0.6 is 11.3 Å². The summed E-state index contributed by atoms with van der Waals surface area (Å²) in [6.45, 7) is 4.80. The van der Waals surface area contributed by atoms with Gasteiger partial charge in [0.2, 0.25) is 0 Å². The molecule has 0 aliphatic carbocycles. The van der Waals surface area contributed by atoms with Crippen LogP contribution in [0.25, 0.3) is 0 Å². The summed E-state index contributed by atoms with van der Waals surface area (Å²) in [4.78, 5) is 24.8. The van der Waals surface area contributed by atoms with Crippen LogP contribution in [0.3, 0.4) is 0 Å². The Morgan fingerprint density at radius 1 is 1.60 bits per heavy atom. The molecule has 1 aromatic heterocycles. The Morgan fingerprint density at radius 2 is 2.40 bits per heavy atom. The minimum absolute atomic E-state index is 0.0301. The van der Waals surface area contributed by atoms with Crippen molar-refractivity contribution in [3.8, 4) is 0 Å². The zero-order valence-corrected chi connectivity index (χ0v) is 12.1. The van der Waals surface area contributed by atoms with Gasteiger partial charge in [-0.1, -0.05) is 18.3 Å². The third kappa shape index (κ3) is 2.10. The van der Waals surface area contributed by atoms with Crippen LogP contribution in [0.15, 0.2) is 11.4 Å². The Balaban J connectivity index is 1.81. The molecule has 7 heteroatoms. The van der Waals surface area contributed by atoms with Crippen LogP contribution in [0.2, 0.25) is 0 Å². The average Bonchev–Trinajstić information content (AvgIpc) is 3.12. The van der Waals surface area contributed by atoms with Gasteiger partial charge >= 0.3 is 5.00 Å². The smallest absolute Gasteiger partial charge is 0.324 e. The number of amides is 1. The first-order chi connectivity index (χ1) is 9.61. The molecule has 0 saturated carbocycles. The lowest BCUT2D eigenvalue weighted by molar-refractivity contribution is -0.380. The van der Waals surface area contributed by atoms with Crippen molar-refractivity contribution in [3.63, 3.8) is 0 Å². The predicted molar refractivity (Wildman–Crippen MR) is 75.9 cm³/mol. The van der Waals surface area contributed by atoms with Crippen molar-refractivity contribution in [3.05, 3.63) is 27.1 Å². The second-order valence-electron chi connectivity index (χ2n) is 5.45. The quantitative estimate of drug-likeness (QED) is 0.680. The van der Waals surface area contributed by atoms with Gasteiger partial charge in [-0.05, 0) is 18.3 Å². The van der Waals surface area contributed by atoms with E-state index in [9.17, 15) is 14.9 Å². The molecule has 3 heterocycles. The van der Waals surface area contributed by atoms with Gasteiger partial charge in [-0.2, -0.15) is 0 Å². The molecule has 0 radical (unpaired) electrons. The van der Waals surface area contributed by atoms with Crippen LogP contribution in [0, 0.1) is 22.0 Å². The first kappa shape index (κ1) is 13.5. The molecular weight excluding hydrogens is 278 g/mol. The van der Waals surface area contributed by atoms with Crippen LogP contribution in [0.5, 0.6) is 0 Å². The summed E-state index contributed by atoms with van der Waals surface area (Å²) in [6, 6.07) is 1.65. The molecule has 1 amide bonds. The highest BCUT2D eigenvalue weighted by Gasteiger charge is 2.45. The molecule has 3 unspecified atom stereocenters. The van der Waals surface area contributed by atoms with Crippen LogP contribution < -0.4 is 5.32 Å². The van der Waals surface area contributed by atoms with Crippen molar-refractivity contribution < 1.29 is 9.72 Å². The molecule has 0 bridgehead atoms. The summed E-state index contributed by atoms with van der Waals surface area (Å²) in [7, 11) is 0. The van der Waals surface area contributed by atoms with Crippen molar-refractivity contribution >= 4 is 22.2 Å². The fourth-order valence-corrected chi connectivity index (χ4v) is 4.18. The number of hydrogen-bond donors (Lipinski definition) is 1. The second kappa shape index (κ2) is 5.14. The molecule has 0 aromatic carbocycles. The lowest BCUT2D eigenvalue weighted by Gasteiger charge is -2.26. The van der Waals surface area contributed by atoms with E-state index in [-0.39, 0.29) is 17.0 Å². The number of carbonyl (C=O) groups is 1. The number of hydrogen-bond acceptors (Lipinski definition) is 5. The Kier molecular flexibility index (Phi) is 3.47. The number of fused-ring (bicyclic) bond motifs is 1. The molecule has 108 valence electrons. The van der Waals surface area contributed by atoms with E-state index in [0.29, 0.717) is 17.4 Å². The van der Waals surface area contributed by atoms with Gasteiger partial charge in [-0.15, -0.1) is 0 Å². The van der Waals surface area contributed by atoms with Gasteiger partial charge in [0, 0.05) is 37.1 Å². The number of nitrogens with one attached hydrogen (secondary N) is 1. The lowest BCUT2D eigenvalue weighted by atomic mass is 9.93. The highest BCUT2D eigenvalue weighted by atomic mass is 32.1. The maximum absolute atomic E-state index is 12.6. The molecule has 2 aliphatic heterocycles. The van der Waals surface area contributed by atoms with E-state index in [4.69, 9.17) is 0 Å². The third-order valence-electron chi connectivity index (χ3n) is 4.41. The average molecular weight is 295 g/mol. The summed E-state index contributed by atoms with van der Waals surface area (Å²) in [5.74, 6) is 0.991. The molecule has 3 rings (SSSR count). The second-order valence-corrected chi connectivity index (χ2v) is 6.34. The maximum Gasteiger partial charge on any atom is 0.324 e. The molecule has 2 fully saturated rings. The fourth-order valence-electron chi connectivity index (χ4n) is 3.48. The summed E-state index contributed by atoms with van der Waals surface area (Å²) in [5, 5.41) is 15.7. The standard InChI is InChI=1S/C13H17N3O3S/c1-2-11-10-5-14-4-9(10)6-15(11)13(17)8-3-12(16(18)19)20-7-8/h3,7,9-11,14H,2,4-6H2,1H3. The van der Waals surface area contributed by atoms with Crippen molar-refractivity contribution in [2.24, 2.45) is 11.8 Å². The molecule has 1 N–H and O–H groups in total. The minimum Gasteiger partial charge on any atom is -0.335 e. The zero-order valence-electron chi connectivity index (χ0n) is 11.2. The molecule has 2 saturated heterocycles. The number of nitrogens with zero attached hydrogens (tertiary/aromatic N) is 2. The molecule has 0 spiro atoms. The van der Waals surface area contributed by atoms with E-state index in [0.717, 1.165) is 37.4 Å². The van der Waals surface area contributed by atoms with E-state index in [2.05, 4.69) is 12.2 Å². The Bertz CT molecular complexity index is 545. The topological polar surface area (TPSA) is 75.5 Å². The first-order valence-electron chi connectivity index (χ1n) is 6.86. The largest absolute Gasteiger partial charge is 0.335 e. The monoisotopic (exact) mass is 295 g/mol. The normalized spacial score (nSPS) is 28.6. The molecule has 20 heavy (non-hydrogen) atoms. The van der Waals surface area contributed by atoms with Crippen molar-refractivity contribution in [1.82, 2.24) is 10.2 Å². The first-order valence-corrected chi connectivity index (χ1v) is 7.74. The Labute approximate surface area is 120 Å². The summed E-state index contributed by atoms with van der Waals surface area (Å²) >= 11 is 1.02. The number of rotatable bonds is 3. The molecule has 6 nitrogen and oxygen atoms in total. The van der Waals surface area contributed by atoms with Crippen LogP contribution in [-0.2, 0) is 0 Å². The van der Waals surface area contributed by atoms with Gasteiger partial charge in [-0.25, -0.2) is 0 Å².